The Balaban J connectivity index is 2.06. The SMILES string of the molecule is CCCc1nc(NN)cc(NC2CCN(C)C(C)C2)n1. The van der Waals surface area contributed by atoms with E-state index in [1.165, 1.54) is 0 Å². The number of likely N-dealkylation sites (tertiary alicyclic amines) is 1. The monoisotopic (exact) mass is 278 g/mol. The second kappa shape index (κ2) is 6.85. The number of nitrogens with zero attached hydrogens (tertiary/aromatic N) is 3. The van der Waals surface area contributed by atoms with Crippen molar-refractivity contribution in [2.75, 3.05) is 24.3 Å². The molecule has 20 heavy (non-hydrogen) atoms. The molecular formula is C14H26N6. The molecule has 2 atom stereocenters. The molecule has 1 saturated heterocycles. The average molecular weight is 278 g/mol. The first-order valence-electron chi connectivity index (χ1n) is 7.43. The molecule has 0 radical (unpaired) electrons. The Morgan fingerprint density at radius 2 is 2.15 bits per heavy atom. The van der Waals surface area contributed by atoms with E-state index in [0.29, 0.717) is 17.9 Å². The van der Waals surface area contributed by atoms with Gasteiger partial charge in [-0.05, 0) is 33.2 Å². The van der Waals surface area contributed by atoms with E-state index in [1.807, 2.05) is 6.07 Å². The van der Waals surface area contributed by atoms with Gasteiger partial charge in [0.05, 0.1) is 0 Å². The van der Waals surface area contributed by atoms with Gasteiger partial charge in [0.25, 0.3) is 0 Å². The Bertz CT molecular complexity index is 436. The van der Waals surface area contributed by atoms with Crippen LogP contribution in [0.1, 0.15) is 38.9 Å². The molecule has 6 nitrogen and oxygen atoms in total. The lowest BCUT2D eigenvalue weighted by Gasteiger charge is -2.35. The number of hydrazine groups is 1. The van der Waals surface area contributed by atoms with Crippen LogP contribution in [0.5, 0.6) is 0 Å². The molecule has 2 heterocycles. The summed E-state index contributed by atoms with van der Waals surface area (Å²) in [7, 11) is 2.18. The lowest BCUT2D eigenvalue weighted by molar-refractivity contribution is 0.190. The second-order valence-corrected chi connectivity index (χ2v) is 5.64. The third-order valence-electron chi connectivity index (χ3n) is 3.95. The van der Waals surface area contributed by atoms with E-state index in [4.69, 9.17) is 5.84 Å². The highest BCUT2D eigenvalue weighted by Crippen LogP contribution is 2.20. The van der Waals surface area contributed by atoms with Gasteiger partial charge in [0.1, 0.15) is 17.5 Å². The number of nitrogens with one attached hydrogen (secondary N) is 2. The van der Waals surface area contributed by atoms with Crippen molar-refractivity contribution in [2.24, 2.45) is 5.84 Å². The van der Waals surface area contributed by atoms with Crippen molar-refractivity contribution in [1.82, 2.24) is 14.9 Å². The maximum atomic E-state index is 5.48. The first-order valence-corrected chi connectivity index (χ1v) is 7.43. The minimum atomic E-state index is 0.469. The van der Waals surface area contributed by atoms with Crippen molar-refractivity contribution in [3.05, 3.63) is 11.9 Å². The Kier molecular flexibility index (Phi) is 5.14. The van der Waals surface area contributed by atoms with Gasteiger partial charge in [-0.2, -0.15) is 0 Å². The summed E-state index contributed by atoms with van der Waals surface area (Å²) in [5.41, 5.74) is 2.62. The van der Waals surface area contributed by atoms with Gasteiger partial charge in [-0.1, -0.05) is 6.92 Å². The largest absolute Gasteiger partial charge is 0.367 e. The van der Waals surface area contributed by atoms with E-state index in [-0.39, 0.29) is 0 Å². The number of nitrogens with two attached hydrogens (primary N) is 1. The van der Waals surface area contributed by atoms with Crippen LogP contribution in [0.4, 0.5) is 11.6 Å². The summed E-state index contributed by atoms with van der Waals surface area (Å²) in [5, 5.41) is 3.53. The third kappa shape index (κ3) is 3.80. The topological polar surface area (TPSA) is 79.1 Å². The summed E-state index contributed by atoms with van der Waals surface area (Å²) in [5.74, 6) is 7.87. The van der Waals surface area contributed by atoms with Crippen molar-refractivity contribution in [2.45, 2.75) is 51.6 Å². The minimum Gasteiger partial charge on any atom is -0.367 e. The van der Waals surface area contributed by atoms with E-state index in [0.717, 1.165) is 43.9 Å². The van der Waals surface area contributed by atoms with Crippen molar-refractivity contribution >= 4 is 11.6 Å². The summed E-state index contributed by atoms with van der Waals surface area (Å²) in [6.07, 6.45) is 4.17. The standard InChI is InChI=1S/C14H26N6/c1-4-5-12-17-13(9-14(18-12)19-15)16-11-6-7-20(3)10(2)8-11/h9-11H,4-8,15H2,1-3H3,(H2,16,17,18,19). The van der Waals surface area contributed by atoms with Gasteiger partial charge in [0, 0.05) is 31.1 Å². The molecule has 1 aliphatic heterocycles. The summed E-state index contributed by atoms with van der Waals surface area (Å²) < 4.78 is 0. The van der Waals surface area contributed by atoms with E-state index in [1.54, 1.807) is 0 Å². The van der Waals surface area contributed by atoms with Crippen LogP contribution in [0.15, 0.2) is 6.07 Å². The summed E-state index contributed by atoms with van der Waals surface area (Å²) in [6, 6.07) is 2.95. The Labute approximate surface area is 121 Å². The highest BCUT2D eigenvalue weighted by atomic mass is 15.3. The maximum absolute atomic E-state index is 5.48. The Morgan fingerprint density at radius 1 is 1.40 bits per heavy atom. The number of aryl methyl sites for hydroxylation is 1. The van der Waals surface area contributed by atoms with Crippen LogP contribution in [-0.4, -0.2) is 40.5 Å². The van der Waals surface area contributed by atoms with E-state index < -0.39 is 0 Å². The molecule has 0 saturated carbocycles. The number of hydrogen-bond acceptors (Lipinski definition) is 6. The highest BCUT2D eigenvalue weighted by molar-refractivity contribution is 5.47. The van der Waals surface area contributed by atoms with Gasteiger partial charge >= 0.3 is 0 Å². The molecular weight excluding hydrogens is 252 g/mol. The molecule has 112 valence electrons. The zero-order valence-electron chi connectivity index (χ0n) is 12.7. The third-order valence-corrected chi connectivity index (χ3v) is 3.95. The zero-order chi connectivity index (χ0) is 14.5. The molecule has 1 aliphatic rings. The number of hydrogen-bond donors (Lipinski definition) is 3. The smallest absolute Gasteiger partial charge is 0.145 e. The normalized spacial score (nSPS) is 23.6. The Hall–Kier alpha value is -1.40. The second-order valence-electron chi connectivity index (χ2n) is 5.64. The van der Waals surface area contributed by atoms with Gasteiger partial charge in [-0.3, -0.25) is 0 Å². The van der Waals surface area contributed by atoms with Crippen molar-refractivity contribution in [1.29, 1.82) is 0 Å². The average Bonchev–Trinajstić information content (AvgIpc) is 2.43. The van der Waals surface area contributed by atoms with Gasteiger partial charge < -0.3 is 15.6 Å². The molecule has 0 aromatic carbocycles. The van der Waals surface area contributed by atoms with Crippen molar-refractivity contribution in [3.8, 4) is 0 Å². The quantitative estimate of drug-likeness (QED) is 0.561. The van der Waals surface area contributed by atoms with Crippen LogP contribution in [0, 0.1) is 0 Å². The maximum Gasteiger partial charge on any atom is 0.145 e. The molecule has 1 aromatic heterocycles. The highest BCUT2D eigenvalue weighted by Gasteiger charge is 2.23. The molecule has 2 rings (SSSR count). The molecule has 4 N–H and O–H groups in total. The fraction of sp³-hybridized carbons (Fsp3) is 0.714. The fourth-order valence-electron chi connectivity index (χ4n) is 2.61. The van der Waals surface area contributed by atoms with Gasteiger partial charge in [-0.25, -0.2) is 15.8 Å². The molecule has 1 fully saturated rings. The van der Waals surface area contributed by atoms with Crippen LogP contribution in [0.25, 0.3) is 0 Å². The molecule has 0 bridgehead atoms. The number of piperidine rings is 1. The van der Waals surface area contributed by atoms with Crippen molar-refractivity contribution in [3.63, 3.8) is 0 Å². The van der Waals surface area contributed by atoms with Gasteiger partial charge in [-0.15, -0.1) is 0 Å². The van der Waals surface area contributed by atoms with E-state index >= 15 is 0 Å². The number of aromatic nitrogens is 2. The molecule has 0 spiro atoms. The lowest BCUT2D eigenvalue weighted by atomic mass is 9.99. The summed E-state index contributed by atoms with van der Waals surface area (Å²) in [4.78, 5) is 11.3. The lowest BCUT2D eigenvalue weighted by Crippen LogP contribution is -2.42. The van der Waals surface area contributed by atoms with Crippen LogP contribution in [0.3, 0.4) is 0 Å². The number of anilines is 2. The molecule has 1 aromatic rings. The molecule has 2 unspecified atom stereocenters. The van der Waals surface area contributed by atoms with E-state index in [2.05, 4.69) is 46.5 Å². The van der Waals surface area contributed by atoms with E-state index in [9.17, 15) is 0 Å². The predicted molar refractivity (Wildman–Crippen MR) is 82.6 cm³/mol. The summed E-state index contributed by atoms with van der Waals surface area (Å²) >= 11 is 0. The van der Waals surface area contributed by atoms with Crippen molar-refractivity contribution < 1.29 is 0 Å². The fourth-order valence-corrected chi connectivity index (χ4v) is 2.61. The van der Waals surface area contributed by atoms with Gasteiger partial charge in [0.15, 0.2) is 0 Å². The molecule has 0 aliphatic carbocycles. The summed E-state index contributed by atoms with van der Waals surface area (Å²) in [6.45, 7) is 5.51. The number of nitrogen functional groups attached to an aromatic ring is 1. The predicted octanol–water partition coefficient (Wildman–Crippen LogP) is 1.61. The molecule has 6 heteroatoms. The first kappa shape index (κ1) is 15.0. The zero-order valence-corrected chi connectivity index (χ0v) is 12.7. The van der Waals surface area contributed by atoms with Crippen LogP contribution >= 0.6 is 0 Å². The van der Waals surface area contributed by atoms with Crippen LogP contribution < -0.4 is 16.6 Å². The molecule has 0 amide bonds. The van der Waals surface area contributed by atoms with Crippen LogP contribution in [0.2, 0.25) is 0 Å². The van der Waals surface area contributed by atoms with Crippen LogP contribution in [-0.2, 0) is 6.42 Å². The minimum absolute atomic E-state index is 0.469. The number of rotatable bonds is 5. The van der Waals surface area contributed by atoms with Gasteiger partial charge in [0.2, 0.25) is 0 Å². The Morgan fingerprint density at radius 3 is 2.80 bits per heavy atom. The first-order chi connectivity index (χ1) is 9.62.